The minimum atomic E-state index is 0.814. The van der Waals surface area contributed by atoms with Crippen molar-refractivity contribution in [3.63, 3.8) is 0 Å². The van der Waals surface area contributed by atoms with E-state index in [2.05, 4.69) is 24.1 Å². The molecule has 2 rings (SSSR count). The number of likely N-dealkylation sites (tertiary alicyclic amines) is 1. The number of hydrogen-bond donors (Lipinski definition) is 1. The zero-order valence-corrected chi connectivity index (χ0v) is 11.0. The lowest BCUT2D eigenvalue weighted by Gasteiger charge is -2.35. The van der Waals surface area contributed by atoms with E-state index in [0.29, 0.717) is 0 Å². The Morgan fingerprint density at radius 2 is 1.88 bits per heavy atom. The van der Waals surface area contributed by atoms with Gasteiger partial charge in [-0.15, -0.1) is 0 Å². The molecule has 1 saturated heterocycles. The summed E-state index contributed by atoms with van der Waals surface area (Å²) in [5.74, 6) is 1.78. The maximum Gasteiger partial charge on any atom is 0.00722 e. The molecule has 1 saturated carbocycles. The van der Waals surface area contributed by atoms with Crippen molar-refractivity contribution in [2.75, 3.05) is 26.2 Å². The molecule has 2 nitrogen and oxygen atoms in total. The van der Waals surface area contributed by atoms with Crippen LogP contribution < -0.4 is 5.32 Å². The fourth-order valence-electron chi connectivity index (χ4n) is 3.08. The molecule has 0 aromatic carbocycles. The van der Waals surface area contributed by atoms with Gasteiger partial charge in [0.15, 0.2) is 0 Å². The summed E-state index contributed by atoms with van der Waals surface area (Å²) in [5, 5.41) is 3.71. The number of piperidine rings is 1. The Labute approximate surface area is 101 Å². The van der Waals surface area contributed by atoms with Crippen LogP contribution in [-0.4, -0.2) is 37.1 Å². The fraction of sp³-hybridized carbons (Fsp3) is 1.00. The normalized spacial score (nSPS) is 33.4. The number of hydrogen-bond acceptors (Lipinski definition) is 2. The smallest absolute Gasteiger partial charge is 0.00722 e. The van der Waals surface area contributed by atoms with Gasteiger partial charge in [0.2, 0.25) is 0 Å². The van der Waals surface area contributed by atoms with Crippen molar-refractivity contribution in [1.82, 2.24) is 10.2 Å². The van der Waals surface area contributed by atoms with Gasteiger partial charge >= 0.3 is 0 Å². The second kappa shape index (κ2) is 6.02. The first-order valence-corrected chi connectivity index (χ1v) is 7.20. The Bertz CT molecular complexity index is 193. The van der Waals surface area contributed by atoms with E-state index in [1.165, 1.54) is 58.3 Å². The summed E-state index contributed by atoms with van der Waals surface area (Å²) in [6.07, 6.45) is 7.08. The average Bonchev–Trinajstić information content (AvgIpc) is 2.24. The van der Waals surface area contributed by atoms with Crippen LogP contribution in [0.3, 0.4) is 0 Å². The van der Waals surface area contributed by atoms with Gasteiger partial charge in [0.25, 0.3) is 0 Å². The number of nitrogens with zero attached hydrogens (tertiary/aromatic N) is 1. The lowest BCUT2D eigenvalue weighted by atomic mass is 9.82. The summed E-state index contributed by atoms with van der Waals surface area (Å²) in [4.78, 5) is 2.65. The maximum absolute atomic E-state index is 3.71. The van der Waals surface area contributed by atoms with Gasteiger partial charge in [-0.3, -0.25) is 0 Å². The first-order chi connectivity index (χ1) is 7.74. The van der Waals surface area contributed by atoms with Crippen molar-refractivity contribution < 1.29 is 0 Å². The summed E-state index contributed by atoms with van der Waals surface area (Å²) in [6, 6.07) is 0.832. The molecule has 0 radical (unpaired) electrons. The fourth-order valence-corrected chi connectivity index (χ4v) is 3.08. The Hall–Kier alpha value is -0.0800. The highest BCUT2D eigenvalue weighted by atomic mass is 15.1. The molecule has 0 aromatic rings. The lowest BCUT2D eigenvalue weighted by molar-refractivity contribution is 0.184. The molecular formula is C14H28N2. The van der Waals surface area contributed by atoms with Crippen molar-refractivity contribution in [3.8, 4) is 0 Å². The van der Waals surface area contributed by atoms with Crippen molar-refractivity contribution in [2.45, 2.75) is 52.0 Å². The molecule has 2 aliphatic rings. The Morgan fingerprint density at radius 3 is 2.50 bits per heavy atom. The third-order valence-corrected chi connectivity index (χ3v) is 4.15. The topological polar surface area (TPSA) is 15.3 Å². The van der Waals surface area contributed by atoms with Crippen LogP contribution in [0.1, 0.15) is 46.0 Å². The van der Waals surface area contributed by atoms with Crippen LogP contribution in [-0.2, 0) is 0 Å². The zero-order chi connectivity index (χ0) is 11.4. The van der Waals surface area contributed by atoms with Crippen molar-refractivity contribution in [3.05, 3.63) is 0 Å². The van der Waals surface area contributed by atoms with Crippen LogP contribution in [0.2, 0.25) is 0 Å². The van der Waals surface area contributed by atoms with E-state index in [-0.39, 0.29) is 0 Å². The second-order valence-corrected chi connectivity index (χ2v) is 6.15. The minimum absolute atomic E-state index is 0.814. The van der Waals surface area contributed by atoms with E-state index in [0.717, 1.165) is 17.9 Å². The van der Waals surface area contributed by atoms with Gasteiger partial charge in [-0.2, -0.15) is 0 Å². The van der Waals surface area contributed by atoms with Crippen LogP contribution in [0.25, 0.3) is 0 Å². The highest BCUT2D eigenvalue weighted by Gasteiger charge is 2.25. The molecule has 1 unspecified atom stereocenters. The highest BCUT2D eigenvalue weighted by Crippen LogP contribution is 2.26. The van der Waals surface area contributed by atoms with E-state index >= 15 is 0 Å². The predicted octanol–water partition coefficient (Wildman–Crippen LogP) is 2.50. The molecular weight excluding hydrogens is 196 g/mol. The summed E-state index contributed by atoms with van der Waals surface area (Å²) in [5.41, 5.74) is 0. The van der Waals surface area contributed by atoms with Crippen molar-refractivity contribution in [2.24, 2.45) is 11.8 Å². The summed E-state index contributed by atoms with van der Waals surface area (Å²) >= 11 is 0. The van der Waals surface area contributed by atoms with Crippen LogP contribution >= 0.6 is 0 Å². The number of rotatable bonds is 5. The molecule has 0 spiro atoms. The minimum Gasteiger partial charge on any atom is -0.314 e. The number of nitrogens with one attached hydrogen (secondary N) is 1. The molecule has 1 aliphatic carbocycles. The van der Waals surface area contributed by atoms with Crippen LogP contribution in [0.4, 0.5) is 0 Å². The standard InChI is InChI=1S/C14H28N2/c1-12-8-14(9-12)15-10-13(2)11-16-6-4-3-5-7-16/h12-15H,3-11H2,1-2H3. The van der Waals surface area contributed by atoms with Crippen molar-refractivity contribution in [1.29, 1.82) is 0 Å². The molecule has 2 heteroatoms. The Balaban J connectivity index is 1.55. The van der Waals surface area contributed by atoms with Crippen molar-refractivity contribution >= 4 is 0 Å². The third-order valence-electron chi connectivity index (χ3n) is 4.15. The summed E-state index contributed by atoms with van der Waals surface area (Å²) < 4.78 is 0. The monoisotopic (exact) mass is 224 g/mol. The molecule has 0 aromatic heterocycles. The van der Waals surface area contributed by atoms with Crippen LogP contribution in [0.5, 0.6) is 0 Å². The zero-order valence-electron chi connectivity index (χ0n) is 11.0. The first-order valence-electron chi connectivity index (χ1n) is 7.20. The summed E-state index contributed by atoms with van der Waals surface area (Å²) in [7, 11) is 0. The molecule has 0 bridgehead atoms. The van der Waals surface area contributed by atoms with Gasteiger partial charge in [0.1, 0.15) is 0 Å². The molecule has 0 amide bonds. The molecule has 1 heterocycles. The van der Waals surface area contributed by atoms with E-state index in [1.807, 2.05) is 0 Å². The van der Waals surface area contributed by atoms with Gasteiger partial charge in [0, 0.05) is 12.6 Å². The summed E-state index contributed by atoms with van der Waals surface area (Å²) in [6.45, 7) is 9.94. The molecule has 94 valence electrons. The molecule has 2 fully saturated rings. The second-order valence-electron chi connectivity index (χ2n) is 6.15. The van der Waals surface area contributed by atoms with E-state index in [9.17, 15) is 0 Å². The first kappa shape index (κ1) is 12.4. The van der Waals surface area contributed by atoms with Gasteiger partial charge in [-0.25, -0.2) is 0 Å². The van der Waals surface area contributed by atoms with Gasteiger partial charge in [0.05, 0.1) is 0 Å². The lowest BCUT2D eigenvalue weighted by Crippen LogP contribution is -2.44. The largest absolute Gasteiger partial charge is 0.314 e. The SMILES string of the molecule is CC1CC(NCC(C)CN2CCCCC2)C1. The van der Waals surface area contributed by atoms with Crippen LogP contribution in [0.15, 0.2) is 0 Å². The van der Waals surface area contributed by atoms with E-state index in [1.54, 1.807) is 0 Å². The Kier molecular flexibility index (Phi) is 4.66. The molecule has 1 atom stereocenters. The molecule has 16 heavy (non-hydrogen) atoms. The quantitative estimate of drug-likeness (QED) is 0.772. The van der Waals surface area contributed by atoms with Crippen LogP contribution in [0, 0.1) is 11.8 Å². The van der Waals surface area contributed by atoms with E-state index in [4.69, 9.17) is 0 Å². The van der Waals surface area contributed by atoms with Gasteiger partial charge < -0.3 is 10.2 Å². The Morgan fingerprint density at radius 1 is 1.19 bits per heavy atom. The maximum atomic E-state index is 3.71. The average molecular weight is 224 g/mol. The highest BCUT2D eigenvalue weighted by molar-refractivity contribution is 4.83. The van der Waals surface area contributed by atoms with Gasteiger partial charge in [-0.05, 0) is 57.2 Å². The van der Waals surface area contributed by atoms with Gasteiger partial charge in [-0.1, -0.05) is 20.3 Å². The molecule has 1 aliphatic heterocycles. The van der Waals surface area contributed by atoms with E-state index < -0.39 is 0 Å². The third kappa shape index (κ3) is 3.74. The predicted molar refractivity (Wildman–Crippen MR) is 69.6 cm³/mol. The molecule has 1 N–H and O–H groups in total.